The number of ether oxygens (including phenoxy) is 2. The number of methoxy groups -OCH3 is 1. The quantitative estimate of drug-likeness (QED) is 0.694. The van der Waals surface area contributed by atoms with Crippen molar-refractivity contribution in [1.29, 1.82) is 0 Å². The van der Waals surface area contributed by atoms with E-state index >= 15 is 0 Å². The van der Waals surface area contributed by atoms with Crippen molar-refractivity contribution in [3.8, 4) is 5.75 Å². The van der Waals surface area contributed by atoms with Crippen LogP contribution in [0.1, 0.15) is 30.9 Å². The molecule has 0 aliphatic rings. The van der Waals surface area contributed by atoms with E-state index in [0.717, 1.165) is 16.9 Å². The van der Waals surface area contributed by atoms with E-state index in [1.807, 2.05) is 38.1 Å². The lowest BCUT2D eigenvalue weighted by atomic mass is 9.88. The number of hydrogen-bond donors (Lipinski definition) is 1. The molecule has 0 heterocycles. The van der Waals surface area contributed by atoms with Gasteiger partial charge < -0.3 is 14.8 Å². The molecule has 0 aliphatic heterocycles. The molecule has 0 radical (unpaired) electrons. The zero-order valence-electron chi connectivity index (χ0n) is 15.7. The predicted molar refractivity (Wildman–Crippen MR) is 105 cm³/mol. The predicted octanol–water partition coefficient (Wildman–Crippen LogP) is 3.95. The van der Waals surface area contributed by atoms with Gasteiger partial charge in [0.25, 0.3) is 5.91 Å². The smallest absolute Gasteiger partial charge is 0.314 e. The summed E-state index contributed by atoms with van der Waals surface area (Å²) in [6.07, 6.45) is 0. The van der Waals surface area contributed by atoms with Gasteiger partial charge in [-0.05, 0) is 41.3 Å². The molecule has 144 valence electrons. The van der Waals surface area contributed by atoms with Gasteiger partial charge >= 0.3 is 5.97 Å². The Labute approximate surface area is 164 Å². The Bertz CT molecular complexity index is 774. The highest BCUT2D eigenvalue weighted by atomic mass is 35.5. The average molecular weight is 390 g/mol. The summed E-state index contributed by atoms with van der Waals surface area (Å²) >= 11 is 5.91. The van der Waals surface area contributed by atoms with Gasteiger partial charge in [-0.3, -0.25) is 9.59 Å². The van der Waals surface area contributed by atoms with Gasteiger partial charge in [-0.1, -0.05) is 49.7 Å². The monoisotopic (exact) mass is 389 g/mol. The highest BCUT2D eigenvalue weighted by Crippen LogP contribution is 2.27. The zero-order valence-corrected chi connectivity index (χ0v) is 16.5. The number of carbonyl (C=O) groups excluding carboxylic acids is 2. The van der Waals surface area contributed by atoms with Gasteiger partial charge in [0.15, 0.2) is 6.61 Å². The first-order valence-corrected chi connectivity index (χ1v) is 9.10. The van der Waals surface area contributed by atoms with Gasteiger partial charge in [-0.2, -0.15) is 0 Å². The molecule has 0 fully saturated rings. The molecule has 27 heavy (non-hydrogen) atoms. The fourth-order valence-electron chi connectivity index (χ4n) is 2.72. The number of carbonyl (C=O) groups is 2. The molecule has 0 spiro atoms. The number of hydrogen-bond acceptors (Lipinski definition) is 4. The van der Waals surface area contributed by atoms with Gasteiger partial charge in [-0.15, -0.1) is 0 Å². The lowest BCUT2D eigenvalue weighted by molar-refractivity contribution is -0.151. The van der Waals surface area contributed by atoms with Crippen molar-refractivity contribution in [2.45, 2.75) is 26.3 Å². The van der Waals surface area contributed by atoms with Gasteiger partial charge in [0.2, 0.25) is 0 Å². The summed E-state index contributed by atoms with van der Waals surface area (Å²) in [7, 11) is 1.59. The lowest BCUT2D eigenvalue weighted by Gasteiger charge is -2.20. The molecule has 2 rings (SSSR count). The molecule has 1 amide bonds. The van der Waals surface area contributed by atoms with E-state index in [1.165, 1.54) is 0 Å². The largest absolute Gasteiger partial charge is 0.497 e. The van der Waals surface area contributed by atoms with Crippen molar-refractivity contribution in [3.05, 3.63) is 64.7 Å². The molecule has 5 nitrogen and oxygen atoms in total. The van der Waals surface area contributed by atoms with E-state index in [4.69, 9.17) is 21.1 Å². The Morgan fingerprint density at radius 2 is 1.81 bits per heavy atom. The van der Waals surface area contributed by atoms with E-state index in [1.54, 1.807) is 31.4 Å². The highest BCUT2D eigenvalue weighted by molar-refractivity contribution is 6.30. The number of halogens is 1. The van der Waals surface area contributed by atoms with Crippen LogP contribution in [0.4, 0.5) is 0 Å². The minimum absolute atomic E-state index is 0.0264. The first-order chi connectivity index (χ1) is 12.9. The lowest BCUT2D eigenvalue weighted by Crippen LogP contribution is -2.30. The van der Waals surface area contributed by atoms with E-state index in [9.17, 15) is 9.59 Å². The van der Waals surface area contributed by atoms with Crippen molar-refractivity contribution in [3.63, 3.8) is 0 Å². The summed E-state index contributed by atoms with van der Waals surface area (Å²) in [4.78, 5) is 24.5. The number of amides is 1. The second kappa shape index (κ2) is 9.97. The molecule has 0 aromatic heterocycles. The molecule has 2 aromatic rings. The molecule has 0 bridgehead atoms. The maximum atomic E-state index is 12.5. The molecule has 1 atom stereocenters. The molecular formula is C21H24ClNO4. The summed E-state index contributed by atoms with van der Waals surface area (Å²) in [5.74, 6) is -0.489. The highest BCUT2D eigenvalue weighted by Gasteiger charge is 2.26. The maximum Gasteiger partial charge on any atom is 0.314 e. The third-order valence-corrected chi connectivity index (χ3v) is 4.37. The molecule has 0 aliphatic carbocycles. The van der Waals surface area contributed by atoms with Crippen LogP contribution in [0.2, 0.25) is 5.02 Å². The molecule has 2 aromatic carbocycles. The average Bonchev–Trinajstić information content (AvgIpc) is 2.66. The van der Waals surface area contributed by atoms with Crippen LogP contribution in [-0.4, -0.2) is 25.6 Å². The summed E-state index contributed by atoms with van der Waals surface area (Å²) < 4.78 is 10.4. The van der Waals surface area contributed by atoms with Gasteiger partial charge in [-0.25, -0.2) is 0 Å². The third kappa shape index (κ3) is 6.29. The molecule has 0 unspecified atom stereocenters. The fourth-order valence-corrected chi connectivity index (χ4v) is 2.85. The van der Waals surface area contributed by atoms with Crippen molar-refractivity contribution in [2.24, 2.45) is 5.92 Å². The number of nitrogens with one attached hydrogen (secondary N) is 1. The summed E-state index contributed by atoms with van der Waals surface area (Å²) in [5.41, 5.74) is 1.71. The molecule has 6 heteroatoms. The van der Waals surface area contributed by atoms with Crippen LogP contribution in [0.15, 0.2) is 48.5 Å². The Morgan fingerprint density at radius 1 is 1.11 bits per heavy atom. The Hall–Kier alpha value is -2.53. The van der Waals surface area contributed by atoms with Crippen molar-refractivity contribution >= 4 is 23.5 Å². The van der Waals surface area contributed by atoms with Crippen LogP contribution in [0.3, 0.4) is 0 Å². The third-order valence-electron chi connectivity index (χ3n) is 4.12. The maximum absolute atomic E-state index is 12.5. The number of rotatable bonds is 8. The van der Waals surface area contributed by atoms with E-state index in [-0.39, 0.29) is 18.4 Å². The molecule has 0 saturated carbocycles. The zero-order chi connectivity index (χ0) is 19.8. The van der Waals surface area contributed by atoms with Crippen LogP contribution in [-0.2, 0) is 20.9 Å². The first-order valence-electron chi connectivity index (χ1n) is 8.72. The summed E-state index contributed by atoms with van der Waals surface area (Å²) in [5, 5.41) is 3.34. The summed E-state index contributed by atoms with van der Waals surface area (Å²) in [6, 6.07) is 14.5. The van der Waals surface area contributed by atoms with Gasteiger partial charge in [0.05, 0.1) is 13.0 Å². The fraction of sp³-hybridized carbons (Fsp3) is 0.333. The standard InChI is InChI=1S/C21H24ClNO4/c1-14(2)20(16-7-9-17(22)10-8-16)21(25)27-13-19(24)23-12-15-5-4-6-18(11-15)26-3/h4-11,14,20H,12-13H2,1-3H3,(H,23,24)/t20-/m1/s1. The molecule has 0 saturated heterocycles. The van der Waals surface area contributed by atoms with Crippen LogP contribution in [0, 0.1) is 5.92 Å². The Morgan fingerprint density at radius 3 is 2.44 bits per heavy atom. The van der Waals surface area contributed by atoms with Crippen LogP contribution in [0.25, 0.3) is 0 Å². The normalized spacial score (nSPS) is 11.7. The second-order valence-corrected chi connectivity index (χ2v) is 6.95. The van der Waals surface area contributed by atoms with Crippen molar-refractivity contribution in [1.82, 2.24) is 5.32 Å². The Balaban J connectivity index is 1.88. The van der Waals surface area contributed by atoms with E-state index in [0.29, 0.717) is 11.6 Å². The minimum Gasteiger partial charge on any atom is -0.497 e. The number of esters is 1. The number of benzene rings is 2. The molecule has 1 N–H and O–H groups in total. The SMILES string of the molecule is COc1cccc(CNC(=O)COC(=O)[C@@H](c2ccc(Cl)cc2)C(C)C)c1. The topological polar surface area (TPSA) is 64.6 Å². The Kier molecular flexibility index (Phi) is 7.67. The van der Waals surface area contributed by atoms with Crippen LogP contribution >= 0.6 is 11.6 Å². The second-order valence-electron chi connectivity index (χ2n) is 6.51. The van der Waals surface area contributed by atoms with Gasteiger partial charge in [0, 0.05) is 11.6 Å². The van der Waals surface area contributed by atoms with Gasteiger partial charge in [0.1, 0.15) is 5.75 Å². The van der Waals surface area contributed by atoms with E-state index in [2.05, 4.69) is 5.32 Å². The first kappa shape index (κ1) is 20.8. The van der Waals surface area contributed by atoms with Crippen molar-refractivity contribution in [2.75, 3.05) is 13.7 Å². The van der Waals surface area contributed by atoms with Crippen molar-refractivity contribution < 1.29 is 19.1 Å². The van der Waals surface area contributed by atoms with E-state index < -0.39 is 11.9 Å². The van der Waals surface area contributed by atoms with Crippen LogP contribution < -0.4 is 10.1 Å². The molecular weight excluding hydrogens is 366 g/mol. The minimum atomic E-state index is -0.451. The summed E-state index contributed by atoms with van der Waals surface area (Å²) in [6.45, 7) is 3.88. The van der Waals surface area contributed by atoms with Crippen LogP contribution in [0.5, 0.6) is 5.75 Å².